The van der Waals surface area contributed by atoms with E-state index in [1.165, 1.54) is 11.9 Å². The van der Waals surface area contributed by atoms with Crippen molar-refractivity contribution in [2.45, 2.75) is 32.2 Å². The highest BCUT2D eigenvalue weighted by molar-refractivity contribution is 5.83. The van der Waals surface area contributed by atoms with Gasteiger partial charge in [-0.25, -0.2) is 4.79 Å². The van der Waals surface area contributed by atoms with Crippen molar-refractivity contribution in [1.82, 2.24) is 4.90 Å². The molecule has 0 saturated carbocycles. The van der Waals surface area contributed by atoms with Crippen LogP contribution in [0.15, 0.2) is 12.7 Å². The van der Waals surface area contributed by atoms with Crippen LogP contribution in [0.5, 0.6) is 0 Å². The van der Waals surface area contributed by atoms with E-state index in [4.69, 9.17) is 9.84 Å². The van der Waals surface area contributed by atoms with E-state index in [0.717, 1.165) is 6.42 Å². The predicted octanol–water partition coefficient (Wildman–Crippen LogP) is 1.29. The number of aliphatic carboxylic acids is 1. The first-order valence-electron chi connectivity index (χ1n) is 5.71. The molecule has 0 rings (SSSR count). The Kier molecular flexibility index (Phi) is 8.05. The zero-order valence-electron chi connectivity index (χ0n) is 10.5. The molecule has 17 heavy (non-hydrogen) atoms. The highest BCUT2D eigenvalue weighted by atomic mass is 16.5. The largest absolute Gasteiger partial charge is 0.480 e. The van der Waals surface area contributed by atoms with Gasteiger partial charge < -0.3 is 14.7 Å². The van der Waals surface area contributed by atoms with Gasteiger partial charge in [0, 0.05) is 20.1 Å². The number of hydrogen-bond donors (Lipinski definition) is 1. The smallest absolute Gasteiger partial charge is 0.328 e. The van der Waals surface area contributed by atoms with Gasteiger partial charge in [-0.1, -0.05) is 13.0 Å². The Hall–Kier alpha value is -1.36. The van der Waals surface area contributed by atoms with Crippen LogP contribution < -0.4 is 0 Å². The zero-order valence-corrected chi connectivity index (χ0v) is 10.5. The molecule has 0 spiro atoms. The first-order valence-corrected chi connectivity index (χ1v) is 5.71. The van der Waals surface area contributed by atoms with Crippen LogP contribution >= 0.6 is 0 Å². The molecule has 1 N–H and O–H groups in total. The minimum absolute atomic E-state index is 0.0273. The topological polar surface area (TPSA) is 66.8 Å². The van der Waals surface area contributed by atoms with Gasteiger partial charge in [0.25, 0.3) is 0 Å². The summed E-state index contributed by atoms with van der Waals surface area (Å²) in [4.78, 5) is 23.9. The van der Waals surface area contributed by atoms with Gasteiger partial charge in [-0.05, 0) is 12.8 Å². The Morgan fingerprint density at radius 1 is 1.53 bits per heavy atom. The van der Waals surface area contributed by atoms with Gasteiger partial charge in [-0.2, -0.15) is 0 Å². The van der Waals surface area contributed by atoms with E-state index in [1.54, 1.807) is 6.08 Å². The standard InChI is InChI=1S/C12H21NO4/c1-4-6-7-11(14)13(3)10(12(15)16)9-17-8-5-2/h4,10H,1,5-9H2,2-3H3,(H,15,16)/t10-/m0/s1. The maximum absolute atomic E-state index is 11.6. The molecule has 0 radical (unpaired) electrons. The minimum Gasteiger partial charge on any atom is -0.480 e. The van der Waals surface area contributed by atoms with Crippen molar-refractivity contribution in [3.63, 3.8) is 0 Å². The molecule has 0 bridgehead atoms. The monoisotopic (exact) mass is 243 g/mol. The fourth-order valence-electron chi connectivity index (χ4n) is 1.26. The van der Waals surface area contributed by atoms with Gasteiger partial charge in [-0.15, -0.1) is 6.58 Å². The number of ether oxygens (including phenoxy) is 1. The van der Waals surface area contributed by atoms with Crippen LogP contribution in [0.3, 0.4) is 0 Å². The Morgan fingerprint density at radius 2 is 2.18 bits per heavy atom. The number of hydrogen-bond acceptors (Lipinski definition) is 3. The summed E-state index contributed by atoms with van der Waals surface area (Å²) in [6.07, 6.45) is 3.28. The first kappa shape index (κ1) is 15.6. The molecular weight excluding hydrogens is 222 g/mol. The van der Waals surface area contributed by atoms with Gasteiger partial charge in [0.05, 0.1) is 6.61 Å². The molecule has 1 atom stereocenters. The van der Waals surface area contributed by atoms with E-state index < -0.39 is 12.0 Å². The van der Waals surface area contributed by atoms with Crippen LogP contribution in [0.4, 0.5) is 0 Å². The van der Waals surface area contributed by atoms with Gasteiger partial charge in [0.1, 0.15) is 0 Å². The summed E-state index contributed by atoms with van der Waals surface area (Å²) in [5.74, 6) is -1.26. The van der Waals surface area contributed by atoms with Crippen molar-refractivity contribution in [3.8, 4) is 0 Å². The molecule has 0 aliphatic heterocycles. The molecule has 5 heteroatoms. The fourth-order valence-corrected chi connectivity index (χ4v) is 1.26. The average Bonchev–Trinajstić information content (AvgIpc) is 2.30. The Morgan fingerprint density at radius 3 is 2.65 bits per heavy atom. The van der Waals surface area contributed by atoms with Crippen molar-refractivity contribution in [3.05, 3.63) is 12.7 Å². The van der Waals surface area contributed by atoms with Crippen LogP contribution in [0, 0.1) is 0 Å². The van der Waals surface area contributed by atoms with Crippen molar-refractivity contribution in [2.75, 3.05) is 20.3 Å². The summed E-state index contributed by atoms with van der Waals surface area (Å²) in [6.45, 7) is 5.99. The second-order valence-corrected chi connectivity index (χ2v) is 3.76. The van der Waals surface area contributed by atoms with Crippen LogP contribution in [0.1, 0.15) is 26.2 Å². The maximum Gasteiger partial charge on any atom is 0.328 e. The van der Waals surface area contributed by atoms with Crippen molar-refractivity contribution >= 4 is 11.9 Å². The number of likely N-dealkylation sites (N-methyl/N-ethyl adjacent to an activating group) is 1. The molecule has 5 nitrogen and oxygen atoms in total. The molecule has 0 aromatic heterocycles. The van der Waals surface area contributed by atoms with E-state index in [9.17, 15) is 9.59 Å². The molecule has 0 aliphatic rings. The number of amides is 1. The molecule has 98 valence electrons. The maximum atomic E-state index is 11.6. The van der Waals surface area contributed by atoms with E-state index in [0.29, 0.717) is 13.0 Å². The fraction of sp³-hybridized carbons (Fsp3) is 0.667. The number of rotatable bonds is 9. The normalized spacial score (nSPS) is 11.9. The molecule has 0 fully saturated rings. The zero-order chi connectivity index (χ0) is 13.3. The molecule has 0 heterocycles. The lowest BCUT2D eigenvalue weighted by molar-refractivity contribution is -0.151. The molecule has 1 amide bonds. The van der Waals surface area contributed by atoms with Crippen LogP contribution in [0.2, 0.25) is 0 Å². The van der Waals surface area contributed by atoms with Crippen molar-refractivity contribution < 1.29 is 19.4 Å². The lowest BCUT2D eigenvalue weighted by atomic mass is 10.2. The summed E-state index contributed by atoms with van der Waals surface area (Å²) >= 11 is 0. The number of carboxylic acids is 1. The summed E-state index contributed by atoms with van der Waals surface area (Å²) in [7, 11) is 1.49. The van der Waals surface area contributed by atoms with E-state index >= 15 is 0 Å². The van der Waals surface area contributed by atoms with Gasteiger partial charge >= 0.3 is 5.97 Å². The third kappa shape index (κ3) is 6.06. The summed E-state index contributed by atoms with van der Waals surface area (Å²) in [5, 5.41) is 9.02. The second kappa shape index (κ2) is 8.75. The number of allylic oxidation sites excluding steroid dienone is 1. The lowest BCUT2D eigenvalue weighted by Gasteiger charge is -2.24. The van der Waals surface area contributed by atoms with E-state index in [1.807, 2.05) is 6.92 Å². The molecule has 0 unspecified atom stereocenters. The Bertz CT molecular complexity index is 265. The van der Waals surface area contributed by atoms with E-state index in [2.05, 4.69) is 6.58 Å². The Labute approximate surface area is 102 Å². The molecule has 0 aliphatic carbocycles. The van der Waals surface area contributed by atoms with Crippen molar-refractivity contribution in [2.24, 2.45) is 0 Å². The number of carboxylic acid groups (broad SMARTS) is 1. The highest BCUT2D eigenvalue weighted by Gasteiger charge is 2.26. The predicted molar refractivity (Wildman–Crippen MR) is 64.7 cm³/mol. The third-order valence-electron chi connectivity index (χ3n) is 2.33. The summed E-state index contributed by atoms with van der Waals surface area (Å²) in [5.41, 5.74) is 0. The first-order chi connectivity index (χ1) is 8.04. The van der Waals surface area contributed by atoms with E-state index in [-0.39, 0.29) is 18.9 Å². The number of carbonyl (C=O) groups excluding carboxylic acids is 1. The SMILES string of the molecule is C=CCCC(=O)N(C)[C@@H](COCCC)C(=O)O. The summed E-state index contributed by atoms with van der Waals surface area (Å²) < 4.78 is 5.19. The molecular formula is C12H21NO4. The third-order valence-corrected chi connectivity index (χ3v) is 2.33. The Balaban J connectivity index is 4.31. The van der Waals surface area contributed by atoms with Gasteiger partial charge in [0.15, 0.2) is 6.04 Å². The lowest BCUT2D eigenvalue weighted by Crippen LogP contribution is -2.45. The van der Waals surface area contributed by atoms with Crippen LogP contribution in [0.25, 0.3) is 0 Å². The van der Waals surface area contributed by atoms with Crippen molar-refractivity contribution in [1.29, 1.82) is 0 Å². The summed E-state index contributed by atoms with van der Waals surface area (Å²) in [6, 6.07) is -0.918. The van der Waals surface area contributed by atoms with Crippen LogP contribution in [-0.2, 0) is 14.3 Å². The molecule has 0 aromatic carbocycles. The average molecular weight is 243 g/mol. The van der Waals surface area contributed by atoms with Gasteiger partial charge in [-0.3, -0.25) is 4.79 Å². The minimum atomic E-state index is -1.05. The molecule has 0 aromatic rings. The number of carbonyl (C=O) groups is 2. The highest BCUT2D eigenvalue weighted by Crippen LogP contribution is 2.04. The molecule has 0 saturated heterocycles. The van der Waals surface area contributed by atoms with Gasteiger partial charge in [0.2, 0.25) is 5.91 Å². The second-order valence-electron chi connectivity index (χ2n) is 3.76. The number of nitrogens with zero attached hydrogens (tertiary/aromatic N) is 1. The quantitative estimate of drug-likeness (QED) is 0.489. The van der Waals surface area contributed by atoms with Crippen LogP contribution in [-0.4, -0.2) is 48.2 Å².